The molecule has 0 radical (unpaired) electrons. The van der Waals surface area contributed by atoms with Crippen molar-refractivity contribution in [2.45, 2.75) is 33.7 Å². The summed E-state index contributed by atoms with van der Waals surface area (Å²) in [5.74, 6) is 0.526. The molecule has 0 unspecified atom stereocenters. The maximum atomic E-state index is 12.4. The summed E-state index contributed by atoms with van der Waals surface area (Å²) >= 11 is 0. The van der Waals surface area contributed by atoms with Crippen LogP contribution in [0.3, 0.4) is 0 Å². The van der Waals surface area contributed by atoms with Crippen LogP contribution in [0.15, 0.2) is 18.3 Å². The predicted molar refractivity (Wildman–Crippen MR) is 104 cm³/mol. The molecule has 3 rings (SSSR count). The number of nitrogens with zero attached hydrogens (tertiary/aromatic N) is 5. The van der Waals surface area contributed by atoms with Gasteiger partial charge in [0.2, 0.25) is 5.91 Å². The van der Waals surface area contributed by atoms with Gasteiger partial charge >= 0.3 is 0 Å². The van der Waals surface area contributed by atoms with Crippen molar-refractivity contribution >= 4 is 17.4 Å². The number of likely N-dealkylation sites (N-methyl/N-ethyl adjacent to an activating group) is 1. The van der Waals surface area contributed by atoms with E-state index in [0.29, 0.717) is 12.2 Å². The number of hydrogen-bond donors (Lipinski definition) is 1. The molecule has 1 saturated heterocycles. The van der Waals surface area contributed by atoms with Gasteiger partial charge in [0.25, 0.3) is 0 Å². The first-order valence-electron chi connectivity index (χ1n) is 9.20. The number of pyridine rings is 1. The molecule has 7 heteroatoms. The first-order chi connectivity index (χ1) is 12.5. The fraction of sp³-hybridized carbons (Fsp3) is 0.526. The van der Waals surface area contributed by atoms with E-state index in [1.54, 1.807) is 0 Å². The summed E-state index contributed by atoms with van der Waals surface area (Å²) in [7, 11) is 2.14. The number of piperazine rings is 1. The summed E-state index contributed by atoms with van der Waals surface area (Å²) in [6.45, 7) is 10.9. The van der Waals surface area contributed by atoms with E-state index >= 15 is 0 Å². The van der Waals surface area contributed by atoms with Gasteiger partial charge in [0, 0.05) is 44.0 Å². The van der Waals surface area contributed by atoms with Gasteiger partial charge in [0.05, 0.1) is 24.0 Å². The van der Waals surface area contributed by atoms with Crippen LogP contribution < -0.4 is 10.2 Å². The molecule has 0 atom stereocenters. The molecular formula is C19H28N6O. The lowest BCUT2D eigenvalue weighted by molar-refractivity contribution is -0.115. The molecule has 0 bridgehead atoms. The maximum absolute atomic E-state index is 12.4. The molecule has 1 N–H and O–H groups in total. The van der Waals surface area contributed by atoms with Crippen molar-refractivity contribution in [1.82, 2.24) is 19.7 Å². The average Bonchev–Trinajstić information content (AvgIpc) is 2.90. The Kier molecular flexibility index (Phi) is 5.56. The van der Waals surface area contributed by atoms with Gasteiger partial charge in [-0.1, -0.05) is 0 Å². The Labute approximate surface area is 155 Å². The van der Waals surface area contributed by atoms with Crippen LogP contribution in [-0.4, -0.2) is 58.8 Å². The van der Waals surface area contributed by atoms with E-state index in [9.17, 15) is 4.79 Å². The lowest BCUT2D eigenvalue weighted by Gasteiger charge is -2.33. The van der Waals surface area contributed by atoms with E-state index in [0.717, 1.165) is 55.4 Å². The molecule has 7 nitrogen and oxygen atoms in total. The van der Waals surface area contributed by atoms with Crippen LogP contribution in [0, 0.1) is 13.8 Å². The third-order valence-electron chi connectivity index (χ3n) is 5.05. The van der Waals surface area contributed by atoms with Gasteiger partial charge in [0.1, 0.15) is 5.82 Å². The summed E-state index contributed by atoms with van der Waals surface area (Å²) < 4.78 is 1.93. The predicted octanol–water partition coefficient (Wildman–Crippen LogP) is 1.85. The molecule has 1 aliphatic rings. The zero-order valence-electron chi connectivity index (χ0n) is 16.1. The third kappa shape index (κ3) is 4.04. The number of amides is 1. The van der Waals surface area contributed by atoms with Crippen LogP contribution in [0.1, 0.15) is 23.9 Å². The molecule has 2 aromatic rings. The SMILES string of the molecule is CCn1nc(C)c(CC(=O)Nc2ccc(N3CCN(C)CC3)cn2)c1C. The van der Waals surface area contributed by atoms with Crippen molar-refractivity contribution in [2.75, 3.05) is 43.4 Å². The Morgan fingerprint density at radius 3 is 2.50 bits per heavy atom. The Morgan fingerprint density at radius 1 is 1.19 bits per heavy atom. The van der Waals surface area contributed by atoms with Crippen LogP contribution in [0.4, 0.5) is 11.5 Å². The summed E-state index contributed by atoms with van der Waals surface area (Å²) in [4.78, 5) is 21.5. The van der Waals surface area contributed by atoms with E-state index in [4.69, 9.17) is 0 Å². The number of rotatable bonds is 5. The van der Waals surface area contributed by atoms with Crippen LogP contribution >= 0.6 is 0 Å². The Morgan fingerprint density at radius 2 is 1.92 bits per heavy atom. The summed E-state index contributed by atoms with van der Waals surface area (Å²) in [5.41, 5.74) is 4.07. The van der Waals surface area contributed by atoms with E-state index in [1.165, 1.54) is 0 Å². The lowest BCUT2D eigenvalue weighted by atomic mass is 10.1. The Bertz CT molecular complexity index is 759. The van der Waals surface area contributed by atoms with Gasteiger partial charge in [-0.2, -0.15) is 5.10 Å². The minimum atomic E-state index is -0.0632. The molecule has 0 saturated carbocycles. The zero-order valence-corrected chi connectivity index (χ0v) is 16.1. The standard InChI is InChI=1S/C19H28N6O/c1-5-25-15(3)17(14(2)22-25)12-19(26)21-18-7-6-16(13-20-18)24-10-8-23(4)9-11-24/h6-7,13H,5,8-12H2,1-4H3,(H,20,21,26). The van der Waals surface area contributed by atoms with Crippen molar-refractivity contribution < 1.29 is 4.79 Å². The van der Waals surface area contributed by atoms with Crippen LogP contribution in [0.2, 0.25) is 0 Å². The number of aromatic nitrogens is 3. The highest BCUT2D eigenvalue weighted by Crippen LogP contribution is 2.18. The minimum Gasteiger partial charge on any atom is -0.368 e. The Balaban J connectivity index is 1.60. The lowest BCUT2D eigenvalue weighted by Crippen LogP contribution is -2.44. The summed E-state index contributed by atoms with van der Waals surface area (Å²) in [6.07, 6.45) is 2.16. The van der Waals surface area contributed by atoms with Crippen LogP contribution in [0.5, 0.6) is 0 Å². The van der Waals surface area contributed by atoms with Gasteiger partial charge in [-0.05, 0) is 40.0 Å². The smallest absolute Gasteiger partial charge is 0.230 e. The van der Waals surface area contributed by atoms with E-state index in [-0.39, 0.29) is 5.91 Å². The molecule has 1 aliphatic heterocycles. The fourth-order valence-electron chi connectivity index (χ4n) is 3.36. The topological polar surface area (TPSA) is 66.3 Å². The number of aryl methyl sites for hydroxylation is 2. The van der Waals surface area contributed by atoms with Crippen LogP contribution in [-0.2, 0) is 17.8 Å². The minimum absolute atomic E-state index is 0.0632. The fourth-order valence-corrected chi connectivity index (χ4v) is 3.36. The maximum Gasteiger partial charge on any atom is 0.230 e. The first kappa shape index (κ1) is 18.4. The second-order valence-corrected chi connectivity index (χ2v) is 6.88. The largest absolute Gasteiger partial charge is 0.368 e. The molecule has 0 spiro atoms. The second kappa shape index (κ2) is 7.86. The van der Waals surface area contributed by atoms with Crippen molar-refractivity contribution in [2.24, 2.45) is 0 Å². The van der Waals surface area contributed by atoms with E-state index < -0.39 is 0 Å². The third-order valence-corrected chi connectivity index (χ3v) is 5.05. The molecule has 1 fully saturated rings. The first-order valence-corrected chi connectivity index (χ1v) is 9.20. The second-order valence-electron chi connectivity index (χ2n) is 6.88. The molecule has 26 heavy (non-hydrogen) atoms. The van der Waals surface area contributed by atoms with Gasteiger partial charge in [-0.25, -0.2) is 4.98 Å². The Hall–Kier alpha value is -2.41. The molecule has 140 valence electrons. The quantitative estimate of drug-likeness (QED) is 0.886. The monoisotopic (exact) mass is 356 g/mol. The normalized spacial score (nSPS) is 15.3. The zero-order chi connectivity index (χ0) is 18.7. The highest BCUT2D eigenvalue weighted by atomic mass is 16.1. The van der Waals surface area contributed by atoms with Gasteiger partial charge in [0.15, 0.2) is 0 Å². The number of nitrogens with one attached hydrogen (secondary N) is 1. The highest BCUT2D eigenvalue weighted by molar-refractivity contribution is 5.91. The molecule has 3 heterocycles. The van der Waals surface area contributed by atoms with Crippen molar-refractivity contribution in [3.63, 3.8) is 0 Å². The molecule has 1 amide bonds. The van der Waals surface area contributed by atoms with E-state index in [1.807, 2.05) is 36.9 Å². The van der Waals surface area contributed by atoms with Gasteiger partial charge in [-0.15, -0.1) is 0 Å². The van der Waals surface area contributed by atoms with Crippen molar-refractivity contribution in [3.8, 4) is 0 Å². The summed E-state index contributed by atoms with van der Waals surface area (Å²) in [5, 5.41) is 7.37. The van der Waals surface area contributed by atoms with Crippen LogP contribution in [0.25, 0.3) is 0 Å². The molecular weight excluding hydrogens is 328 g/mol. The molecule has 2 aromatic heterocycles. The molecule has 0 aromatic carbocycles. The van der Waals surface area contributed by atoms with Gasteiger partial charge < -0.3 is 15.1 Å². The number of anilines is 2. The van der Waals surface area contributed by atoms with Gasteiger partial charge in [-0.3, -0.25) is 9.48 Å². The number of carbonyl (C=O) groups excluding carboxylic acids is 1. The number of hydrogen-bond acceptors (Lipinski definition) is 5. The highest BCUT2D eigenvalue weighted by Gasteiger charge is 2.16. The summed E-state index contributed by atoms with van der Waals surface area (Å²) in [6, 6.07) is 3.90. The van der Waals surface area contributed by atoms with Crippen molar-refractivity contribution in [3.05, 3.63) is 35.3 Å². The molecule has 0 aliphatic carbocycles. The van der Waals surface area contributed by atoms with Crippen molar-refractivity contribution in [1.29, 1.82) is 0 Å². The average molecular weight is 356 g/mol. The van der Waals surface area contributed by atoms with E-state index in [2.05, 4.69) is 39.2 Å². The number of carbonyl (C=O) groups is 1.